The zero-order valence-corrected chi connectivity index (χ0v) is 19.8. The minimum Gasteiger partial charge on any atom is -0.496 e. The molecule has 1 heterocycles. The molecular formula is C26H25FN4O2S. The van der Waals surface area contributed by atoms with Gasteiger partial charge in [-0.05, 0) is 30.7 Å². The first-order valence-electron chi connectivity index (χ1n) is 10.8. The van der Waals surface area contributed by atoms with Gasteiger partial charge in [0, 0.05) is 12.1 Å². The van der Waals surface area contributed by atoms with Crippen LogP contribution in [-0.4, -0.2) is 33.0 Å². The van der Waals surface area contributed by atoms with Crippen molar-refractivity contribution in [2.24, 2.45) is 0 Å². The van der Waals surface area contributed by atoms with E-state index in [1.165, 1.54) is 17.8 Å². The summed E-state index contributed by atoms with van der Waals surface area (Å²) in [4.78, 5) is 12.8. The van der Waals surface area contributed by atoms with Crippen molar-refractivity contribution in [3.8, 4) is 17.1 Å². The van der Waals surface area contributed by atoms with E-state index in [0.717, 1.165) is 16.9 Å². The first-order valence-corrected chi connectivity index (χ1v) is 11.7. The van der Waals surface area contributed by atoms with Crippen LogP contribution in [0.3, 0.4) is 0 Å². The van der Waals surface area contributed by atoms with Crippen molar-refractivity contribution in [2.75, 3.05) is 7.11 Å². The molecule has 0 bridgehead atoms. The molecule has 3 aromatic carbocycles. The Morgan fingerprint density at radius 2 is 1.74 bits per heavy atom. The van der Waals surface area contributed by atoms with E-state index in [-0.39, 0.29) is 11.7 Å². The zero-order valence-electron chi connectivity index (χ0n) is 18.9. The van der Waals surface area contributed by atoms with Gasteiger partial charge in [0.25, 0.3) is 0 Å². The second-order valence-electron chi connectivity index (χ2n) is 7.65. The molecule has 34 heavy (non-hydrogen) atoms. The Morgan fingerprint density at radius 1 is 1.03 bits per heavy atom. The summed E-state index contributed by atoms with van der Waals surface area (Å²) in [5.41, 5.74) is 2.28. The second-order valence-corrected chi connectivity index (χ2v) is 8.96. The van der Waals surface area contributed by atoms with Crippen LogP contribution in [-0.2, 0) is 17.9 Å². The molecule has 0 aliphatic heterocycles. The topological polar surface area (TPSA) is 69.0 Å². The van der Waals surface area contributed by atoms with Crippen LogP contribution in [0.1, 0.15) is 18.1 Å². The number of aromatic nitrogens is 3. The number of hydrogen-bond acceptors (Lipinski definition) is 5. The Balaban J connectivity index is 1.54. The first kappa shape index (κ1) is 23.5. The maximum Gasteiger partial charge on any atom is 0.233 e. The third-order valence-corrected chi connectivity index (χ3v) is 6.39. The zero-order chi connectivity index (χ0) is 23.9. The highest BCUT2D eigenvalue weighted by atomic mass is 32.2. The van der Waals surface area contributed by atoms with E-state index in [2.05, 4.69) is 15.5 Å². The molecule has 1 N–H and O–H groups in total. The molecule has 0 aliphatic carbocycles. The summed E-state index contributed by atoms with van der Waals surface area (Å²) in [7, 11) is 1.60. The summed E-state index contributed by atoms with van der Waals surface area (Å²) in [6.07, 6.45) is 0. The van der Waals surface area contributed by atoms with Crippen LogP contribution in [0.15, 0.2) is 84.0 Å². The molecule has 0 radical (unpaired) electrons. The maximum absolute atomic E-state index is 14.6. The quantitative estimate of drug-likeness (QED) is 0.347. The minimum absolute atomic E-state index is 0.141. The van der Waals surface area contributed by atoms with E-state index in [9.17, 15) is 9.18 Å². The van der Waals surface area contributed by atoms with Gasteiger partial charge in [-0.3, -0.25) is 9.36 Å². The van der Waals surface area contributed by atoms with E-state index in [0.29, 0.717) is 29.6 Å². The van der Waals surface area contributed by atoms with Crippen LogP contribution in [0, 0.1) is 5.82 Å². The molecule has 4 rings (SSSR count). The SMILES string of the molecule is COc1ccccc1CNC(=O)C(C)Sc1nnc(-c2ccccc2F)n1Cc1ccccc1. The van der Waals surface area contributed by atoms with Crippen LogP contribution in [0.5, 0.6) is 5.75 Å². The molecule has 0 fully saturated rings. The Hall–Kier alpha value is -3.65. The Kier molecular flexibility index (Phi) is 7.59. The Bertz CT molecular complexity index is 1260. The van der Waals surface area contributed by atoms with Crippen molar-refractivity contribution in [2.45, 2.75) is 30.4 Å². The predicted molar refractivity (Wildman–Crippen MR) is 131 cm³/mol. The molecule has 0 aliphatic rings. The van der Waals surface area contributed by atoms with Gasteiger partial charge < -0.3 is 10.1 Å². The normalized spacial score (nSPS) is 11.7. The lowest BCUT2D eigenvalue weighted by Crippen LogP contribution is -2.30. The van der Waals surface area contributed by atoms with Crippen LogP contribution in [0.4, 0.5) is 4.39 Å². The molecule has 1 atom stereocenters. The predicted octanol–water partition coefficient (Wildman–Crippen LogP) is 4.94. The van der Waals surface area contributed by atoms with E-state index in [1.807, 2.05) is 66.1 Å². The van der Waals surface area contributed by atoms with Gasteiger partial charge in [-0.15, -0.1) is 10.2 Å². The van der Waals surface area contributed by atoms with Gasteiger partial charge >= 0.3 is 0 Å². The highest BCUT2D eigenvalue weighted by molar-refractivity contribution is 8.00. The van der Waals surface area contributed by atoms with Gasteiger partial charge in [0.2, 0.25) is 5.91 Å². The van der Waals surface area contributed by atoms with Crippen LogP contribution in [0.2, 0.25) is 0 Å². The fraction of sp³-hybridized carbons (Fsp3) is 0.192. The second kappa shape index (κ2) is 11.0. The number of nitrogens with one attached hydrogen (secondary N) is 1. The smallest absolute Gasteiger partial charge is 0.233 e. The first-order chi connectivity index (χ1) is 16.6. The molecule has 1 aromatic heterocycles. The number of thioether (sulfide) groups is 1. The molecule has 8 heteroatoms. The molecular weight excluding hydrogens is 451 g/mol. The molecule has 1 unspecified atom stereocenters. The molecule has 0 saturated heterocycles. The van der Waals surface area contributed by atoms with Gasteiger partial charge in [0.05, 0.1) is 24.5 Å². The van der Waals surface area contributed by atoms with Crippen molar-refractivity contribution in [3.05, 3.63) is 95.8 Å². The third kappa shape index (κ3) is 5.46. The van der Waals surface area contributed by atoms with E-state index in [1.54, 1.807) is 25.3 Å². The summed E-state index contributed by atoms with van der Waals surface area (Å²) < 4.78 is 21.8. The highest BCUT2D eigenvalue weighted by Crippen LogP contribution is 2.29. The van der Waals surface area contributed by atoms with Crippen molar-refractivity contribution >= 4 is 17.7 Å². The average molecular weight is 477 g/mol. The van der Waals surface area contributed by atoms with Gasteiger partial charge in [-0.1, -0.05) is 72.4 Å². The van der Waals surface area contributed by atoms with Crippen LogP contribution >= 0.6 is 11.8 Å². The summed E-state index contributed by atoms with van der Waals surface area (Å²) >= 11 is 1.29. The molecule has 0 spiro atoms. The number of amides is 1. The molecule has 6 nitrogen and oxygen atoms in total. The lowest BCUT2D eigenvalue weighted by Gasteiger charge is -2.15. The fourth-order valence-electron chi connectivity index (χ4n) is 3.51. The number of carbonyl (C=O) groups is 1. The minimum atomic E-state index is -0.443. The number of halogens is 1. The molecule has 0 saturated carbocycles. The maximum atomic E-state index is 14.6. The number of methoxy groups -OCH3 is 1. The lowest BCUT2D eigenvalue weighted by atomic mass is 10.2. The van der Waals surface area contributed by atoms with Crippen molar-refractivity contribution in [1.29, 1.82) is 0 Å². The van der Waals surface area contributed by atoms with E-state index >= 15 is 0 Å². The number of para-hydroxylation sites is 1. The Labute approximate surface area is 202 Å². The number of carbonyl (C=O) groups excluding carboxylic acids is 1. The average Bonchev–Trinajstić information content (AvgIpc) is 3.25. The van der Waals surface area contributed by atoms with Gasteiger partial charge in [0.1, 0.15) is 11.6 Å². The van der Waals surface area contributed by atoms with Gasteiger partial charge in [-0.2, -0.15) is 0 Å². The summed E-state index contributed by atoms with van der Waals surface area (Å²) in [5, 5.41) is 11.6. The molecule has 4 aromatic rings. The standard InChI is InChI=1S/C26H25FN4O2S/c1-18(25(32)28-16-20-12-6-9-15-23(20)33-2)34-26-30-29-24(21-13-7-8-14-22(21)27)31(26)17-19-10-4-3-5-11-19/h3-15,18H,16-17H2,1-2H3,(H,28,32). The van der Waals surface area contributed by atoms with Crippen molar-refractivity contribution < 1.29 is 13.9 Å². The van der Waals surface area contributed by atoms with Gasteiger partial charge in [-0.25, -0.2) is 4.39 Å². The lowest BCUT2D eigenvalue weighted by molar-refractivity contribution is -0.120. The number of rotatable bonds is 9. The summed E-state index contributed by atoms with van der Waals surface area (Å²) in [6.45, 7) is 2.62. The van der Waals surface area contributed by atoms with Gasteiger partial charge in [0.15, 0.2) is 11.0 Å². The summed E-state index contributed by atoms with van der Waals surface area (Å²) in [5.74, 6) is 0.632. The summed E-state index contributed by atoms with van der Waals surface area (Å²) in [6, 6.07) is 23.9. The monoisotopic (exact) mass is 476 g/mol. The fourth-order valence-corrected chi connectivity index (χ4v) is 4.39. The number of nitrogens with zero attached hydrogens (tertiary/aromatic N) is 3. The third-order valence-electron chi connectivity index (χ3n) is 5.31. The number of ether oxygens (including phenoxy) is 1. The number of benzene rings is 3. The van der Waals surface area contributed by atoms with Crippen LogP contribution < -0.4 is 10.1 Å². The van der Waals surface area contributed by atoms with E-state index in [4.69, 9.17) is 4.74 Å². The number of hydrogen-bond donors (Lipinski definition) is 1. The molecule has 1 amide bonds. The largest absolute Gasteiger partial charge is 0.496 e. The Morgan fingerprint density at radius 3 is 2.50 bits per heavy atom. The van der Waals surface area contributed by atoms with Crippen molar-refractivity contribution in [3.63, 3.8) is 0 Å². The highest BCUT2D eigenvalue weighted by Gasteiger charge is 2.22. The molecule has 174 valence electrons. The van der Waals surface area contributed by atoms with E-state index < -0.39 is 5.25 Å². The van der Waals surface area contributed by atoms with Crippen molar-refractivity contribution in [1.82, 2.24) is 20.1 Å². The van der Waals surface area contributed by atoms with Crippen LogP contribution in [0.25, 0.3) is 11.4 Å².